The summed E-state index contributed by atoms with van der Waals surface area (Å²) in [5.74, 6) is -0.711. The first-order valence-electron chi connectivity index (χ1n) is 6.76. The van der Waals surface area contributed by atoms with Crippen LogP contribution in [-0.2, 0) is 4.79 Å². The minimum absolute atomic E-state index is 0.0403. The van der Waals surface area contributed by atoms with Crippen LogP contribution in [0.25, 0.3) is 0 Å². The minimum atomic E-state index is -4.77. The molecule has 1 N–H and O–H groups in total. The predicted molar refractivity (Wildman–Crippen MR) is 85.6 cm³/mol. The first kappa shape index (κ1) is 18.6. The number of amides is 1. The second kappa shape index (κ2) is 7.88. The van der Waals surface area contributed by atoms with Crippen LogP contribution in [0.4, 0.5) is 24.5 Å². The molecule has 2 rings (SSSR count). The highest BCUT2D eigenvalue weighted by Crippen LogP contribution is 2.25. The van der Waals surface area contributed by atoms with Crippen molar-refractivity contribution in [3.63, 3.8) is 0 Å². The molecule has 1 amide bonds. The maximum absolute atomic E-state index is 12.1. The largest absolute Gasteiger partial charge is 0.573 e. The van der Waals surface area contributed by atoms with Crippen molar-refractivity contribution in [3.05, 3.63) is 58.6 Å². The van der Waals surface area contributed by atoms with E-state index in [1.54, 1.807) is 0 Å². The van der Waals surface area contributed by atoms with Crippen LogP contribution in [0.5, 0.6) is 5.75 Å². The van der Waals surface area contributed by atoms with E-state index in [0.717, 1.165) is 12.1 Å². The number of alkyl halides is 3. The van der Waals surface area contributed by atoms with Gasteiger partial charge < -0.3 is 10.1 Å². The van der Waals surface area contributed by atoms with E-state index in [1.165, 1.54) is 48.2 Å². The Hall–Kier alpha value is -2.75. The van der Waals surface area contributed by atoms with E-state index in [0.29, 0.717) is 10.6 Å². The van der Waals surface area contributed by atoms with E-state index in [2.05, 4.69) is 10.1 Å². The SMILES string of the molecule is O=C(CSc1ccc([N+](=O)[O-])cc1)Nc1ccc(OC(F)(F)F)cc1. The molecule has 0 saturated carbocycles. The Kier molecular flexibility index (Phi) is 5.86. The molecular formula is C15H11F3N2O4S. The Morgan fingerprint density at radius 2 is 1.72 bits per heavy atom. The van der Waals surface area contributed by atoms with Gasteiger partial charge in [0, 0.05) is 22.7 Å². The monoisotopic (exact) mass is 372 g/mol. The lowest BCUT2D eigenvalue weighted by Gasteiger charge is -2.10. The fourth-order valence-corrected chi connectivity index (χ4v) is 2.45. The number of rotatable bonds is 6. The minimum Gasteiger partial charge on any atom is -0.406 e. The third kappa shape index (κ3) is 6.34. The molecule has 10 heteroatoms. The number of benzene rings is 2. The average Bonchev–Trinajstić information content (AvgIpc) is 2.54. The van der Waals surface area contributed by atoms with Gasteiger partial charge in [0.2, 0.25) is 5.91 Å². The third-order valence-electron chi connectivity index (χ3n) is 2.79. The van der Waals surface area contributed by atoms with Gasteiger partial charge in [-0.3, -0.25) is 14.9 Å². The van der Waals surface area contributed by atoms with Crippen molar-refractivity contribution in [2.24, 2.45) is 0 Å². The van der Waals surface area contributed by atoms with Gasteiger partial charge in [-0.2, -0.15) is 0 Å². The van der Waals surface area contributed by atoms with Crippen molar-refractivity contribution in [2.75, 3.05) is 11.1 Å². The highest BCUT2D eigenvalue weighted by Gasteiger charge is 2.30. The summed E-state index contributed by atoms with van der Waals surface area (Å²) in [5.41, 5.74) is 0.277. The summed E-state index contributed by atoms with van der Waals surface area (Å²) in [6, 6.07) is 10.5. The lowest BCUT2D eigenvalue weighted by atomic mass is 10.3. The number of nitro groups is 1. The van der Waals surface area contributed by atoms with Gasteiger partial charge >= 0.3 is 6.36 Å². The zero-order valence-corrected chi connectivity index (χ0v) is 13.3. The second-order valence-corrected chi connectivity index (χ2v) is 5.71. The molecule has 0 radical (unpaired) electrons. The zero-order chi connectivity index (χ0) is 18.4. The van der Waals surface area contributed by atoms with Crippen LogP contribution < -0.4 is 10.1 Å². The Labute approximate surface area is 144 Å². The summed E-state index contributed by atoms with van der Waals surface area (Å²) in [5, 5.41) is 13.1. The summed E-state index contributed by atoms with van der Waals surface area (Å²) in [6.07, 6.45) is -4.77. The molecule has 2 aromatic rings. The summed E-state index contributed by atoms with van der Waals surface area (Å²) >= 11 is 1.17. The van der Waals surface area contributed by atoms with E-state index in [4.69, 9.17) is 0 Å². The number of anilines is 1. The van der Waals surface area contributed by atoms with Gasteiger partial charge in [0.25, 0.3) is 5.69 Å². The van der Waals surface area contributed by atoms with Gasteiger partial charge in [-0.05, 0) is 36.4 Å². The maximum atomic E-state index is 12.1. The highest BCUT2D eigenvalue weighted by molar-refractivity contribution is 8.00. The number of halogens is 3. The number of non-ortho nitro benzene ring substituents is 1. The molecule has 0 aromatic heterocycles. The second-order valence-electron chi connectivity index (χ2n) is 4.66. The van der Waals surface area contributed by atoms with Crippen LogP contribution in [0.2, 0.25) is 0 Å². The van der Waals surface area contributed by atoms with Crippen molar-refractivity contribution in [3.8, 4) is 5.75 Å². The molecule has 0 aliphatic carbocycles. The molecule has 2 aromatic carbocycles. The molecule has 0 spiro atoms. The standard InChI is InChI=1S/C15H11F3N2O4S/c16-15(17,18)24-12-5-1-10(2-6-12)19-14(21)9-25-13-7-3-11(4-8-13)20(22)23/h1-8H,9H2,(H,19,21). The third-order valence-corrected chi connectivity index (χ3v) is 3.80. The smallest absolute Gasteiger partial charge is 0.406 e. The van der Waals surface area contributed by atoms with Gasteiger partial charge in [-0.1, -0.05) is 0 Å². The van der Waals surface area contributed by atoms with Crippen LogP contribution in [0.3, 0.4) is 0 Å². The molecule has 0 atom stereocenters. The Bertz CT molecular complexity index is 749. The lowest BCUT2D eigenvalue weighted by Crippen LogP contribution is -2.17. The summed E-state index contributed by atoms with van der Waals surface area (Å²) in [7, 11) is 0. The number of nitrogens with one attached hydrogen (secondary N) is 1. The number of thioether (sulfide) groups is 1. The Morgan fingerprint density at radius 3 is 2.24 bits per heavy atom. The predicted octanol–water partition coefficient (Wildman–Crippen LogP) is 4.22. The fourth-order valence-electron chi connectivity index (χ4n) is 1.75. The number of nitro benzene ring substituents is 1. The molecule has 132 valence electrons. The van der Waals surface area contributed by atoms with Crippen LogP contribution in [0.1, 0.15) is 0 Å². The molecule has 6 nitrogen and oxygen atoms in total. The van der Waals surface area contributed by atoms with Crippen molar-refractivity contribution in [1.29, 1.82) is 0 Å². The Morgan fingerprint density at radius 1 is 1.12 bits per heavy atom. The quantitative estimate of drug-likeness (QED) is 0.466. The molecule has 0 unspecified atom stereocenters. The number of carbonyl (C=O) groups excluding carboxylic acids is 1. The molecule has 0 aliphatic rings. The van der Waals surface area contributed by atoms with E-state index >= 15 is 0 Å². The van der Waals surface area contributed by atoms with Crippen LogP contribution in [-0.4, -0.2) is 22.9 Å². The van der Waals surface area contributed by atoms with Crippen LogP contribution in [0, 0.1) is 10.1 Å². The van der Waals surface area contributed by atoms with E-state index in [9.17, 15) is 28.1 Å². The van der Waals surface area contributed by atoms with Crippen molar-refractivity contribution in [1.82, 2.24) is 0 Å². The van der Waals surface area contributed by atoms with Gasteiger partial charge in [0.1, 0.15) is 5.75 Å². The molecule has 0 bridgehead atoms. The van der Waals surface area contributed by atoms with Gasteiger partial charge in [-0.15, -0.1) is 24.9 Å². The number of hydrogen-bond acceptors (Lipinski definition) is 5. The normalized spacial score (nSPS) is 11.0. The van der Waals surface area contributed by atoms with Gasteiger partial charge in [0.15, 0.2) is 0 Å². The highest BCUT2D eigenvalue weighted by atomic mass is 32.2. The molecule has 0 saturated heterocycles. The van der Waals surface area contributed by atoms with E-state index in [1.807, 2.05) is 0 Å². The fraction of sp³-hybridized carbons (Fsp3) is 0.133. The number of nitrogens with zero attached hydrogens (tertiary/aromatic N) is 1. The molecule has 0 heterocycles. The topological polar surface area (TPSA) is 81.5 Å². The van der Waals surface area contributed by atoms with E-state index < -0.39 is 11.3 Å². The summed E-state index contributed by atoms with van der Waals surface area (Å²) in [6.45, 7) is 0. The van der Waals surface area contributed by atoms with Crippen molar-refractivity contribution < 1.29 is 27.6 Å². The summed E-state index contributed by atoms with van der Waals surface area (Å²) in [4.78, 5) is 22.5. The van der Waals surface area contributed by atoms with Gasteiger partial charge in [-0.25, -0.2) is 0 Å². The van der Waals surface area contributed by atoms with Crippen LogP contribution >= 0.6 is 11.8 Å². The molecule has 25 heavy (non-hydrogen) atoms. The number of hydrogen-bond donors (Lipinski definition) is 1. The molecular weight excluding hydrogens is 361 g/mol. The zero-order valence-electron chi connectivity index (χ0n) is 12.4. The Balaban J connectivity index is 1.84. The molecule has 0 fully saturated rings. The average molecular weight is 372 g/mol. The molecule has 0 aliphatic heterocycles. The van der Waals surface area contributed by atoms with Gasteiger partial charge in [0.05, 0.1) is 10.7 Å². The first-order chi connectivity index (χ1) is 11.7. The summed E-state index contributed by atoms with van der Waals surface area (Å²) < 4.78 is 39.9. The number of carbonyl (C=O) groups is 1. The van der Waals surface area contributed by atoms with E-state index in [-0.39, 0.29) is 23.1 Å². The van der Waals surface area contributed by atoms with Crippen molar-refractivity contribution >= 4 is 29.0 Å². The van der Waals surface area contributed by atoms with Crippen molar-refractivity contribution in [2.45, 2.75) is 11.3 Å². The lowest BCUT2D eigenvalue weighted by molar-refractivity contribution is -0.384. The maximum Gasteiger partial charge on any atom is 0.573 e. The number of ether oxygens (including phenoxy) is 1. The first-order valence-corrected chi connectivity index (χ1v) is 7.74. The van der Waals surface area contributed by atoms with Crippen LogP contribution in [0.15, 0.2) is 53.4 Å².